The molecule has 0 radical (unpaired) electrons. The highest BCUT2D eigenvalue weighted by atomic mass is 32.2. The number of hydrogen-bond acceptors (Lipinski definition) is 8. The number of rotatable bonds is 7. The van der Waals surface area contributed by atoms with E-state index in [-0.39, 0.29) is 39.4 Å². The maximum atomic E-state index is 13.1. The molecule has 10 heteroatoms. The topological polar surface area (TPSA) is 116 Å². The Labute approximate surface area is 226 Å². The molecular weight excluding hydrogens is 520 g/mol. The maximum Gasteiger partial charge on any atom is 0.343 e. The summed E-state index contributed by atoms with van der Waals surface area (Å²) in [7, 11) is 1.39. The minimum atomic E-state index is -0.792. The van der Waals surface area contributed by atoms with E-state index in [1.165, 1.54) is 36.3 Å². The second kappa shape index (κ2) is 10.8. The fourth-order valence-electron chi connectivity index (χ4n) is 4.15. The van der Waals surface area contributed by atoms with Gasteiger partial charge in [-0.1, -0.05) is 54.6 Å². The number of imide groups is 1. The first kappa shape index (κ1) is 25.7. The number of nitrogens with zero attached hydrogens (tertiary/aromatic N) is 2. The molecule has 1 fully saturated rings. The monoisotopic (exact) mass is 540 g/mol. The number of ether oxygens (including phenoxy) is 2. The predicted molar refractivity (Wildman–Crippen MR) is 147 cm³/mol. The van der Waals surface area contributed by atoms with E-state index < -0.39 is 16.8 Å². The van der Waals surface area contributed by atoms with Crippen molar-refractivity contribution in [2.24, 2.45) is 0 Å². The number of methoxy groups -OCH3 is 1. The molecule has 0 atom stereocenters. The molecule has 4 aromatic carbocycles. The Morgan fingerprint density at radius 3 is 2.54 bits per heavy atom. The molecule has 0 saturated carbocycles. The van der Waals surface area contributed by atoms with Gasteiger partial charge in [-0.3, -0.25) is 24.6 Å². The number of carbonyl (C=O) groups excluding carboxylic acids is 3. The van der Waals surface area contributed by atoms with Gasteiger partial charge in [-0.05, 0) is 57.9 Å². The van der Waals surface area contributed by atoms with Gasteiger partial charge in [0.25, 0.3) is 16.8 Å². The molecule has 1 aliphatic heterocycles. The van der Waals surface area contributed by atoms with E-state index in [9.17, 15) is 24.5 Å². The van der Waals surface area contributed by atoms with E-state index in [2.05, 4.69) is 0 Å². The lowest BCUT2D eigenvalue weighted by Crippen LogP contribution is -2.27. The summed E-state index contributed by atoms with van der Waals surface area (Å²) in [4.78, 5) is 50.3. The second-order valence-corrected chi connectivity index (χ2v) is 9.51. The molecule has 0 aliphatic carbocycles. The van der Waals surface area contributed by atoms with E-state index in [1.54, 1.807) is 18.2 Å². The zero-order chi connectivity index (χ0) is 27.5. The van der Waals surface area contributed by atoms with Crippen LogP contribution in [0.25, 0.3) is 16.8 Å². The van der Waals surface area contributed by atoms with Crippen molar-refractivity contribution in [3.05, 3.63) is 117 Å². The van der Waals surface area contributed by atoms with Crippen LogP contribution in [-0.4, -0.2) is 34.0 Å². The van der Waals surface area contributed by atoms with Crippen molar-refractivity contribution in [3.8, 4) is 11.5 Å². The highest BCUT2D eigenvalue weighted by molar-refractivity contribution is 8.18. The number of nitro groups is 1. The molecular formula is C29H20N2O7S. The van der Waals surface area contributed by atoms with Crippen LogP contribution in [0.4, 0.5) is 10.5 Å². The smallest absolute Gasteiger partial charge is 0.343 e. The number of esters is 1. The number of carbonyl (C=O) groups is 3. The number of fused-ring (bicyclic) bond motifs is 1. The molecule has 5 rings (SSSR count). The molecule has 0 bridgehead atoms. The summed E-state index contributed by atoms with van der Waals surface area (Å²) in [5.74, 6) is -0.898. The van der Waals surface area contributed by atoms with Gasteiger partial charge in [0.15, 0.2) is 11.5 Å². The van der Waals surface area contributed by atoms with Gasteiger partial charge in [0.05, 0.1) is 29.0 Å². The standard InChI is InChI=1S/C29H20N2O7S/c1-37-25-14-18(12-13-24(25)38-28(33)20-8-5-10-22(16-20)31(35)36)15-26-27(32)30(29(34)39-26)17-21-9-4-7-19-6-2-3-11-23(19)21/h2-16H,17H2,1H3/b26-15-. The summed E-state index contributed by atoms with van der Waals surface area (Å²) >= 11 is 0.848. The van der Waals surface area contributed by atoms with Crippen molar-refractivity contribution in [2.75, 3.05) is 7.11 Å². The molecule has 0 aromatic heterocycles. The van der Waals surface area contributed by atoms with Gasteiger partial charge in [0.2, 0.25) is 0 Å². The molecule has 1 aliphatic rings. The minimum Gasteiger partial charge on any atom is -0.493 e. The first-order chi connectivity index (χ1) is 18.8. The molecule has 2 amide bonds. The Bertz CT molecular complexity index is 1680. The largest absolute Gasteiger partial charge is 0.493 e. The summed E-state index contributed by atoms with van der Waals surface area (Å²) in [6.07, 6.45) is 1.57. The van der Waals surface area contributed by atoms with Gasteiger partial charge in [0, 0.05) is 12.1 Å². The Morgan fingerprint density at radius 1 is 0.974 bits per heavy atom. The van der Waals surface area contributed by atoms with Crippen molar-refractivity contribution in [3.63, 3.8) is 0 Å². The first-order valence-corrected chi connectivity index (χ1v) is 12.5. The minimum absolute atomic E-state index is 0.00944. The van der Waals surface area contributed by atoms with Crippen LogP contribution in [0.15, 0.2) is 89.8 Å². The second-order valence-electron chi connectivity index (χ2n) is 8.51. The molecule has 1 saturated heterocycles. The van der Waals surface area contributed by atoms with Crippen molar-refractivity contribution in [2.45, 2.75) is 6.54 Å². The third-order valence-electron chi connectivity index (χ3n) is 6.06. The van der Waals surface area contributed by atoms with Gasteiger partial charge in [0.1, 0.15) is 0 Å². The summed E-state index contributed by atoms with van der Waals surface area (Å²) in [5.41, 5.74) is 1.20. The van der Waals surface area contributed by atoms with Crippen molar-refractivity contribution >= 4 is 51.4 Å². The van der Waals surface area contributed by atoms with Crippen molar-refractivity contribution in [1.82, 2.24) is 4.90 Å². The number of thioether (sulfide) groups is 1. The lowest BCUT2D eigenvalue weighted by atomic mass is 10.0. The Hall–Kier alpha value is -4.96. The van der Waals surface area contributed by atoms with Gasteiger partial charge in [-0.15, -0.1) is 0 Å². The Kier molecular flexibility index (Phi) is 7.11. The van der Waals surface area contributed by atoms with Crippen LogP contribution in [0.2, 0.25) is 0 Å². The summed E-state index contributed by atoms with van der Waals surface area (Å²) in [5, 5.41) is 12.6. The molecule has 0 unspecified atom stereocenters. The van der Waals surface area contributed by atoms with Crippen LogP contribution in [0.3, 0.4) is 0 Å². The lowest BCUT2D eigenvalue weighted by molar-refractivity contribution is -0.384. The van der Waals surface area contributed by atoms with Crippen LogP contribution in [-0.2, 0) is 11.3 Å². The third kappa shape index (κ3) is 5.36. The highest BCUT2D eigenvalue weighted by Crippen LogP contribution is 2.36. The average Bonchev–Trinajstić information content (AvgIpc) is 3.21. The lowest BCUT2D eigenvalue weighted by Gasteiger charge is -2.14. The van der Waals surface area contributed by atoms with Crippen molar-refractivity contribution < 1.29 is 28.8 Å². The van der Waals surface area contributed by atoms with Crippen LogP contribution in [0, 0.1) is 10.1 Å². The Morgan fingerprint density at radius 2 is 1.74 bits per heavy atom. The Balaban J connectivity index is 1.35. The fraction of sp³-hybridized carbons (Fsp3) is 0.0690. The molecule has 1 heterocycles. The molecule has 0 N–H and O–H groups in total. The number of hydrogen-bond donors (Lipinski definition) is 0. The van der Waals surface area contributed by atoms with E-state index in [0.29, 0.717) is 5.56 Å². The normalized spacial score (nSPS) is 14.2. The summed E-state index contributed by atoms with van der Waals surface area (Å²) in [6.45, 7) is 0.152. The quantitative estimate of drug-likeness (QED) is 0.0893. The zero-order valence-corrected chi connectivity index (χ0v) is 21.3. The van der Waals surface area contributed by atoms with E-state index in [1.807, 2.05) is 42.5 Å². The van der Waals surface area contributed by atoms with E-state index in [4.69, 9.17) is 9.47 Å². The SMILES string of the molecule is COc1cc(/C=C2\SC(=O)N(Cc3cccc4ccccc34)C2=O)ccc1OC(=O)c1cccc([N+](=O)[O-])c1. The summed E-state index contributed by atoms with van der Waals surface area (Å²) < 4.78 is 10.8. The molecule has 194 valence electrons. The molecule has 0 spiro atoms. The van der Waals surface area contributed by atoms with E-state index in [0.717, 1.165) is 34.2 Å². The van der Waals surface area contributed by atoms with Crippen LogP contribution < -0.4 is 9.47 Å². The molecule has 4 aromatic rings. The van der Waals surface area contributed by atoms with Gasteiger partial charge < -0.3 is 9.47 Å². The van der Waals surface area contributed by atoms with Crippen molar-refractivity contribution in [1.29, 1.82) is 0 Å². The first-order valence-electron chi connectivity index (χ1n) is 11.7. The maximum absolute atomic E-state index is 13.1. The van der Waals surface area contributed by atoms with Crippen LogP contribution in [0.5, 0.6) is 11.5 Å². The fourth-order valence-corrected chi connectivity index (χ4v) is 4.99. The zero-order valence-electron chi connectivity index (χ0n) is 20.5. The van der Waals surface area contributed by atoms with Crippen LogP contribution >= 0.6 is 11.8 Å². The predicted octanol–water partition coefficient (Wildman–Crippen LogP) is 6.21. The van der Waals surface area contributed by atoms with Crippen LogP contribution in [0.1, 0.15) is 21.5 Å². The number of nitro benzene ring substituents is 1. The number of benzene rings is 4. The summed E-state index contributed by atoms with van der Waals surface area (Å²) in [6, 6.07) is 23.4. The molecule has 9 nitrogen and oxygen atoms in total. The van der Waals surface area contributed by atoms with Gasteiger partial charge in [-0.2, -0.15) is 0 Å². The van der Waals surface area contributed by atoms with Gasteiger partial charge in [-0.25, -0.2) is 4.79 Å². The molecule has 39 heavy (non-hydrogen) atoms. The van der Waals surface area contributed by atoms with Gasteiger partial charge >= 0.3 is 5.97 Å². The number of amides is 2. The number of non-ortho nitro benzene ring substituents is 1. The van der Waals surface area contributed by atoms with E-state index >= 15 is 0 Å². The third-order valence-corrected chi connectivity index (χ3v) is 6.97. The average molecular weight is 541 g/mol. The highest BCUT2D eigenvalue weighted by Gasteiger charge is 2.35.